The number of fused-ring (bicyclic) bond motifs is 1. The molecule has 0 saturated carbocycles. The third-order valence-corrected chi connectivity index (χ3v) is 4.22. The fourth-order valence-electron chi connectivity index (χ4n) is 2.78. The van der Waals surface area contributed by atoms with Gasteiger partial charge in [-0.2, -0.15) is 5.10 Å². The standard InChI is InChI=1S/C17H22N4O2/c1-12(2)13-4-3-5-15(8-13)19-17(23)20-6-7-21-16(10-20)14(11-22)9-18-21/h3-5,8-9,12,22H,6-7,10-11H2,1-2H3,(H,19,23). The molecule has 0 radical (unpaired) electrons. The molecule has 0 fully saturated rings. The molecule has 1 aliphatic heterocycles. The van der Waals surface area contributed by atoms with Crippen molar-refractivity contribution in [2.24, 2.45) is 0 Å². The maximum absolute atomic E-state index is 12.5. The van der Waals surface area contributed by atoms with Crippen molar-refractivity contribution < 1.29 is 9.90 Å². The van der Waals surface area contributed by atoms with Crippen LogP contribution >= 0.6 is 0 Å². The van der Waals surface area contributed by atoms with E-state index in [2.05, 4.69) is 30.3 Å². The Hall–Kier alpha value is -2.34. The molecule has 0 saturated heterocycles. The molecule has 1 aromatic carbocycles. The molecular weight excluding hydrogens is 292 g/mol. The van der Waals surface area contributed by atoms with Crippen molar-refractivity contribution in [1.82, 2.24) is 14.7 Å². The number of urea groups is 1. The lowest BCUT2D eigenvalue weighted by Gasteiger charge is -2.28. The Labute approximate surface area is 135 Å². The maximum atomic E-state index is 12.5. The highest BCUT2D eigenvalue weighted by Gasteiger charge is 2.23. The molecule has 0 bridgehead atoms. The average molecular weight is 314 g/mol. The number of amides is 2. The molecule has 2 heterocycles. The van der Waals surface area contributed by atoms with Crippen molar-refractivity contribution in [2.45, 2.75) is 39.5 Å². The summed E-state index contributed by atoms with van der Waals surface area (Å²) in [5.41, 5.74) is 3.69. The molecule has 6 nitrogen and oxygen atoms in total. The molecule has 2 N–H and O–H groups in total. The molecule has 122 valence electrons. The minimum Gasteiger partial charge on any atom is -0.392 e. The van der Waals surface area contributed by atoms with Gasteiger partial charge >= 0.3 is 6.03 Å². The molecule has 0 spiro atoms. The number of carbonyl (C=O) groups is 1. The highest BCUT2D eigenvalue weighted by molar-refractivity contribution is 5.89. The number of hydrogen-bond acceptors (Lipinski definition) is 3. The highest BCUT2D eigenvalue weighted by atomic mass is 16.3. The first-order chi connectivity index (χ1) is 11.1. The molecule has 0 aliphatic carbocycles. The maximum Gasteiger partial charge on any atom is 0.322 e. The monoisotopic (exact) mass is 314 g/mol. The molecular formula is C17H22N4O2. The lowest BCUT2D eigenvalue weighted by Crippen LogP contribution is -2.41. The van der Waals surface area contributed by atoms with Crippen LogP contribution in [0.15, 0.2) is 30.5 Å². The Bertz CT molecular complexity index is 695. The first-order valence-electron chi connectivity index (χ1n) is 7.88. The molecule has 0 unspecified atom stereocenters. The smallest absolute Gasteiger partial charge is 0.322 e. The molecule has 1 aliphatic rings. The number of aromatic nitrogens is 2. The van der Waals surface area contributed by atoms with Crippen molar-refractivity contribution in [3.05, 3.63) is 47.3 Å². The van der Waals surface area contributed by atoms with E-state index in [0.717, 1.165) is 16.9 Å². The third-order valence-electron chi connectivity index (χ3n) is 4.22. The van der Waals surface area contributed by atoms with Gasteiger partial charge in [0.2, 0.25) is 0 Å². The zero-order valence-corrected chi connectivity index (χ0v) is 13.5. The topological polar surface area (TPSA) is 70.4 Å². The van der Waals surface area contributed by atoms with Gasteiger partial charge in [-0.05, 0) is 23.6 Å². The number of aliphatic hydroxyl groups excluding tert-OH is 1. The second-order valence-electron chi connectivity index (χ2n) is 6.13. The number of nitrogens with zero attached hydrogens (tertiary/aromatic N) is 3. The SMILES string of the molecule is CC(C)c1cccc(NC(=O)N2CCn3ncc(CO)c3C2)c1. The average Bonchev–Trinajstić information content (AvgIpc) is 2.97. The zero-order valence-electron chi connectivity index (χ0n) is 13.5. The summed E-state index contributed by atoms with van der Waals surface area (Å²) in [6, 6.07) is 7.81. The van der Waals surface area contributed by atoms with Crippen molar-refractivity contribution in [1.29, 1.82) is 0 Å². The molecule has 1 aromatic heterocycles. The first-order valence-corrected chi connectivity index (χ1v) is 7.88. The van der Waals surface area contributed by atoms with E-state index in [4.69, 9.17) is 0 Å². The number of nitrogens with one attached hydrogen (secondary N) is 1. The van der Waals surface area contributed by atoms with Crippen molar-refractivity contribution in [3.63, 3.8) is 0 Å². The van der Waals surface area contributed by atoms with Gasteiger partial charge in [-0.15, -0.1) is 0 Å². The summed E-state index contributed by atoms with van der Waals surface area (Å²) < 4.78 is 1.86. The number of hydrogen-bond donors (Lipinski definition) is 2. The zero-order chi connectivity index (χ0) is 16.4. The minimum atomic E-state index is -0.123. The third kappa shape index (κ3) is 3.22. The fourth-order valence-corrected chi connectivity index (χ4v) is 2.78. The second-order valence-corrected chi connectivity index (χ2v) is 6.13. The van der Waals surface area contributed by atoms with E-state index in [1.165, 1.54) is 5.56 Å². The number of benzene rings is 1. The van der Waals surface area contributed by atoms with E-state index in [-0.39, 0.29) is 12.6 Å². The van der Waals surface area contributed by atoms with Crippen LogP contribution in [-0.2, 0) is 19.7 Å². The summed E-state index contributed by atoms with van der Waals surface area (Å²) in [5.74, 6) is 0.420. The lowest BCUT2D eigenvalue weighted by molar-refractivity contribution is 0.193. The predicted molar refractivity (Wildman–Crippen MR) is 88.1 cm³/mol. The summed E-state index contributed by atoms with van der Waals surface area (Å²) in [6.07, 6.45) is 1.67. The van der Waals surface area contributed by atoms with Gasteiger partial charge in [0.1, 0.15) is 0 Å². The van der Waals surface area contributed by atoms with Gasteiger partial charge < -0.3 is 15.3 Å². The van der Waals surface area contributed by atoms with Crippen molar-refractivity contribution in [3.8, 4) is 0 Å². The number of anilines is 1. The van der Waals surface area contributed by atoms with Gasteiger partial charge in [-0.3, -0.25) is 4.68 Å². The van der Waals surface area contributed by atoms with Crippen LogP contribution in [0, 0.1) is 0 Å². The van der Waals surface area contributed by atoms with E-state index in [1.807, 2.05) is 22.9 Å². The molecule has 6 heteroatoms. The van der Waals surface area contributed by atoms with Crippen LogP contribution in [-0.4, -0.2) is 32.4 Å². The second kappa shape index (κ2) is 6.42. The molecule has 2 aromatic rings. The van der Waals surface area contributed by atoms with E-state index in [0.29, 0.717) is 25.6 Å². The van der Waals surface area contributed by atoms with Crippen molar-refractivity contribution >= 4 is 11.7 Å². The van der Waals surface area contributed by atoms with E-state index < -0.39 is 0 Å². The Morgan fingerprint density at radius 3 is 2.96 bits per heavy atom. The Morgan fingerprint density at radius 2 is 2.22 bits per heavy atom. The van der Waals surface area contributed by atoms with Gasteiger partial charge in [-0.1, -0.05) is 26.0 Å². The van der Waals surface area contributed by atoms with E-state index in [1.54, 1.807) is 11.1 Å². The van der Waals surface area contributed by atoms with Crippen LogP contribution in [0.25, 0.3) is 0 Å². The summed E-state index contributed by atoms with van der Waals surface area (Å²) in [7, 11) is 0. The fraction of sp³-hybridized carbons (Fsp3) is 0.412. The number of rotatable bonds is 3. The van der Waals surface area contributed by atoms with Gasteiger partial charge in [0.15, 0.2) is 0 Å². The van der Waals surface area contributed by atoms with Crippen LogP contribution in [0.4, 0.5) is 10.5 Å². The summed E-state index contributed by atoms with van der Waals surface area (Å²) in [4.78, 5) is 14.3. The van der Waals surface area contributed by atoms with Crippen LogP contribution in [0.1, 0.15) is 36.6 Å². The normalized spacial score (nSPS) is 14.0. The van der Waals surface area contributed by atoms with Crippen LogP contribution in [0.2, 0.25) is 0 Å². The Kier molecular flexibility index (Phi) is 4.34. The van der Waals surface area contributed by atoms with E-state index >= 15 is 0 Å². The van der Waals surface area contributed by atoms with Crippen LogP contribution in [0.3, 0.4) is 0 Å². The largest absolute Gasteiger partial charge is 0.392 e. The Balaban J connectivity index is 1.71. The van der Waals surface area contributed by atoms with Gasteiger partial charge in [0.25, 0.3) is 0 Å². The summed E-state index contributed by atoms with van der Waals surface area (Å²) in [6.45, 7) is 5.92. The molecule has 0 atom stereocenters. The molecule has 2 amide bonds. The Morgan fingerprint density at radius 1 is 1.39 bits per heavy atom. The number of carbonyl (C=O) groups excluding carboxylic acids is 1. The molecule has 23 heavy (non-hydrogen) atoms. The lowest BCUT2D eigenvalue weighted by atomic mass is 10.0. The number of aliphatic hydroxyl groups is 1. The van der Waals surface area contributed by atoms with Gasteiger partial charge in [0, 0.05) is 17.8 Å². The van der Waals surface area contributed by atoms with E-state index in [9.17, 15) is 9.90 Å². The predicted octanol–water partition coefficient (Wildman–Crippen LogP) is 2.55. The van der Waals surface area contributed by atoms with Crippen molar-refractivity contribution in [2.75, 3.05) is 11.9 Å². The van der Waals surface area contributed by atoms with Crippen LogP contribution < -0.4 is 5.32 Å². The quantitative estimate of drug-likeness (QED) is 0.914. The highest BCUT2D eigenvalue weighted by Crippen LogP contribution is 2.20. The first kappa shape index (κ1) is 15.6. The van der Waals surface area contributed by atoms with Crippen LogP contribution in [0.5, 0.6) is 0 Å². The minimum absolute atomic E-state index is 0.0543. The van der Waals surface area contributed by atoms with Gasteiger partial charge in [0.05, 0.1) is 31.6 Å². The molecule has 3 rings (SSSR count). The van der Waals surface area contributed by atoms with Gasteiger partial charge in [-0.25, -0.2) is 4.79 Å². The summed E-state index contributed by atoms with van der Waals surface area (Å²) in [5, 5.41) is 16.5. The summed E-state index contributed by atoms with van der Waals surface area (Å²) >= 11 is 0.